The summed E-state index contributed by atoms with van der Waals surface area (Å²) in [6.45, 7) is 6.65. The number of aromatic nitrogens is 2. The highest BCUT2D eigenvalue weighted by molar-refractivity contribution is 7.91. The normalized spacial score (nSPS) is 14.7. The van der Waals surface area contributed by atoms with E-state index in [0.717, 1.165) is 30.0 Å². The molecule has 5 rings (SSSR count). The fraction of sp³-hybridized carbons (Fsp3) is 0.242. The Kier molecular flexibility index (Phi) is 9.54. The van der Waals surface area contributed by atoms with Crippen molar-refractivity contribution in [1.29, 1.82) is 0 Å². The van der Waals surface area contributed by atoms with Crippen molar-refractivity contribution in [1.82, 2.24) is 14.1 Å². The molecule has 1 fully saturated rings. The van der Waals surface area contributed by atoms with Gasteiger partial charge in [-0.25, -0.2) is 13.4 Å². The van der Waals surface area contributed by atoms with E-state index in [1.165, 1.54) is 0 Å². The van der Waals surface area contributed by atoms with E-state index in [1.54, 1.807) is 42.7 Å². The van der Waals surface area contributed by atoms with Crippen LogP contribution in [0.2, 0.25) is 25.7 Å². The molecule has 45 heavy (non-hydrogen) atoms. The zero-order chi connectivity index (χ0) is 32.0. The Bertz CT molecular complexity index is 1790. The van der Waals surface area contributed by atoms with E-state index < -0.39 is 30.3 Å². The van der Waals surface area contributed by atoms with Gasteiger partial charge >= 0.3 is 16.3 Å². The van der Waals surface area contributed by atoms with Crippen LogP contribution in [0, 0.1) is 0 Å². The molecule has 0 unspecified atom stereocenters. The molecule has 0 bridgehead atoms. The number of hydrogen-bond acceptors (Lipinski definition) is 7. The number of anilines is 1. The Balaban J connectivity index is 1.35. The number of nitrogens with zero attached hydrogens (tertiary/aromatic N) is 4. The van der Waals surface area contributed by atoms with Crippen molar-refractivity contribution >= 4 is 48.1 Å². The SMILES string of the molecule is C[Si](C)(C)CCN1C(=O)CN(c2ccc(/C=C/c3cnn(C(=O)OCc4ccccc4)c3)cc2OCc2ccccc2)S1(=O)=O. The predicted molar refractivity (Wildman–Crippen MR) is 177 cm³/mol. The Morgan fingerprint density at radius 3 is 2.22 bits per heavy atom. The first-order chi connectivity index (χ1) is 21.5. The first kappa shape index (κ1) is 31.7. The standard InChI is InChI=1S/C33H36N4O6SSi/c1-45(2,3)19-18-36-32(38)23-37(44(36,40)41)30-17-16-26(20-31(30)42-24-27-10-6-4-7-11-27)14-15-29-21-34-35(22-29)33(39)43-25-28-12-8-5-9-13-28/h4-17,20-22H,18-19,23-25H2,1-3H3/b15-14+. The van der Waals surface area contributed by atoms with Crippen LogP contribution in [0.25, 0.3) is 12.2 Å². The molecule has 1 aromatic heterocycles. The highest BCUT2D eigenvalue weighted by atomic mass is 32.2. The molecule has 1 amide bonds. The number of rotatable bonds is 11. The summed E-state index contributed by atoms with van der Waals surface area (Å²) in [5, 5.41) is 4.11. The van der Waals surface area contributed by atoms with Crippen LogP contribution in [0.1, 0.15) is 22.3 Å². The fourth-order valence-corrected chi connectivity index (χ4v) is 7.21. The smallest absolute Gasteiger partial charge is 0.435 e. The monoisotopic (exact) mass is 644 g/mol. The number of carbonyl (C=O) groups is 2. The van der Waals surface area contributed by atoms with Crippen molar-refractivity contribution in [3.63, 3.8) is 0 Å². The van der Waals surface area contributed by atoms with E-state index in [9.17, 15) is 18.0 Å². The highest BCUT2D eigenvalue weighted by Gasteiger charge is 2.43. The van der Waals surface area contributed by atoms with E-state index in [4.69, 9.17) is 9.47 Å². The highest BCUT2D eigenvalue weighted by Crippen LogP contribution is 2.36. The average molecular weight is 645 g/mol. The number of benzene rings is 3. The van der Waals surface area contributed by atoms with Crippen LogP contribution >= 0.6 is 0 Å². The summed E-state index contributed by atoms with van der Waals surface area (Å²) in [6, 6.07) is 24.7. The van der Waals surface area contributed by atoms with E-state index in [0.29, 0.717) is 23.0 Å². The number of ether oxygens (including phenoxy) is 2. The lowest BCUT2D eigenvalue weighted by Crippen LogP contribution is -2.37. The van der Waals surface area contributed by atoms with Crippen LogP contribution in [-0.4, -0.2) is 55.7 Å². The fourth-order valence-electron chi connectivity index (χ4n) is 4.61. The summed E-state index contributed by atoms with van der Waals surface area (Å²) in [5.41, 5.74) is 3.46. The molecular formula is C33H36N4O6SSi. The predicted octanol–water partition coefficient (Wildman–Crippen LogP) is 6.05. The molecule has 12 heteroatoms. The minimum atomic E-state index is -4.07. The lowest BCUT2D eigenvalue weighted by Gasteiger charge is -2.24. The number of hydrogen-bond donors (Lipinski definition) is 0. The van der Waals surface area contributed by atoms with Gasteiger partial charge in [0.15, 0.2) is 0 Å². The third-order valence-corrected chi connectivity index (χ3v) is 10.7. The molecule has 1 aliphatic heterocycles. The van der Waals surface area contributed by atoms with Crippen LogP contribution in [0.5, 0.6) is 5.75 Å². The molecule has 10 nitrogen and oxygen atoms in total. The minimum absolute atomic E-state index is 0.136. The average Bonchev–Trinajstić information content (AvgIpc) is 3.58. The summed E-state index contributed by atoms with van der Waals surface area (Å²) in [7, 11) is -5.66. The van der Waals surface area contributed by atoms with Gasteiger partial charge in [0.25, 0.3) is 5.91 Å². The molecular weight excluding hydrogens is 609 g/mol. The minimum Gasteiger partial charge on any atom is -0.487 e. The van der Waals surface area contributed by atoms with Crippen molar-refractivity contribution in [3.05, 3.63) is 114 Å². The van der Waals surface area contributed by atoms with Gasteiger partial charge in [0.05, 0.1) is 11.9 Å². The Hall–Kier alpha value is -4.68. The Morgan fingerprint density at radius 1 is 0.911 bits per heavy atom. The molecule has 1 aliphatic rings. The van der Waals surface area contributed by atoms with Crippen molar-refractivity contribution in [2.75, 3.05) is 17.4 Å². The van der Waals surface area contributed by atoms with E-state index in [-0.39, 0.29) is 26.3 Å². The van der Waals surface area contributed by atoms with Gasteiger partial charge < -0.3 is 9.47 Å². The van der Waals surface area contributed by atoms with E-state index in [1.807, 2.05) is 60.7 Å². The maximum atomic E-state index is 13.6. The number of amides is 1. The van der Waals surface area contributed by atoms with Gasteiger partial charge in [-0.3, -0.25) is 4.79 Å². The molecule has 0 aliphatic carbocycles. The topological polar surface area (TPSA) is 111 Å². The van der Waals surface area contributed by atoms with Gasteiger partial charge in [0, 0.05) is 26.4 Å². The second kappa shape index (κ2) is 13.5. The molecule has 0 saturated carbocycles. The molecule has 3 aromatic carbocycles. The summed E-state index contributed by atoms with van der Waals surface area (Å²) in [6.07, 6.45) is 6.08. The van der Waals surface area contributed by atoms with Crippen LogP contribution in [0.15, 0.2) is 91.3 Å². The molecule has 4 aromatic rings. The third-order valence-electron chi connectivity index (χ3n) is 7.13. The van der Waals surface area contributed by atoms with Crippen molar-refractivity contribution in [2.24, 2.45) is 0 Å². The Labute approximate surface area is 264 Å². The maximum absolute atomic E-state index is 13.6. The lowest BCUT2D eigenvalue weighted by molar-refractivity contribution is -0.123. The summed E-state index contributed by atoms with van der Waals surface area (Å²) in [4.78, 5) is 25.3. The summed E-state index contributed by atoms with van der Waals surface area (Å²) < 4.78 is 41.9. The second-order valence-electron chi connectivity index (χ2n) is 11.9. The first-order valence-electron chi connectivity index (χ1n) is 14.6. The summed E-state index contributed by atoms with van der Waals surface area (Å²) >= 11 is 0. The summed E-state index contributed by atoms with van der Waals surface area (Å²) in [5.74, 6) is -0.129. The van der Waals surface area contributed by atoms with Crippen LogP contribution in [0.4, 0.5) is 10.5 Å². The molecule has 234 valence electrons. The van der Waals surface area contributed by atoms with Crippen LogP contribution < -0.4 is 9.04 Å². The van der Waals surface area contributed by atoms with Crippen molar-refractivity contribution in [2.45, 2.75) is 38.9 Å². The zero-order valence-electron chi connectivity index (χ0n) is 25.5. The maximum Gasteiger partial charge on any atom is 0.435 e. The largest absolute Gasteiger partial charge is 0.487 e. The molecule has 0 radical (unpaired) electrons. The van der Waals surface area contributed by atoms with Gasteiger partial charge in [0.2, 0.25) is 0 Å². The molecule has 0 atom stereocenters. The molecule has 2 heterocycles. The van der Waals surface area contributed by atoms with Gasteiger partial charge in [0.1, 0.15) is 25.5 Å². The zero-order valence-corrected chi connectivity index (χ0v) is 27.3. The number of carbonyl (C=O) groups excluding carboxylic acids is 2. The van der Waals surface area contributed by atoms with E-state index >= 15 is 0 Å². The second-order valence-corrected chi connectivity index (χ2v) is 19.3. The quantitative estimate of drug-likeness (QED) is 0.183. The molecule has 1 saturated heterocycles. The molecule has 0 spiro atoms. The van der Waals surface area contributed by atoms with Crippen LogP contribution in [-0.2, 0) is 33.0 Å². The van der Waals surface area contributed by atoms with Gasteiger partial charge in [-0.2, -0.15) is 18.2 Å². The van der Waals surface area contributed by atoms with Crippen molar-refractivity contribution in [3.8, 4) is 5.75 Å². The van der Waals surface area contributed by atoms with Crippen LogP contribution in [0.3, 0.4) is 0 Å². The lowest BCUT2D eigenvalue weighted by atomic mass is 10.1. The first-order valence-corrected chi connectivity index (χ1v) is 19.7. The van der Waals surface area contributed by atoms with E-state index in [2.05, 4.69) is 24.7 Å². The third kappa shape index (κ3) is 8.08. The van der Waals surface area contributed by atoms with Gasteiger partial charge in [-0.15, -0.1) is 0 Å². The Morgan fingerprint density at radius 2 is 1.56 bits per heavy atom. The molecule has 0 N–H and O–H groups in total. The van der Waals surface area contributed by atoms with Crippen molar-refractivity contribution < 1.29 is 27.5 Å². The van der Waals surface area contributed by atoms with Gasteiger partial charge in [-0.05, 0) is 34.9 Å². The van der Waals surface area contributed by atoms with Gasteiger partial charge in [-0.1, -0.05) is 98.5 Å².